The molecule has 0 bridgehead atoms. The molecular formula is C18H18ClNO4. The number of rotatable bonds is 8. The van der Waals surface area contributed by atoms with Crippen molar-refractivity contribution in [1.82, 2.24) is 5.32 Å². The number of halogens is 1. The second-order valence-electron chi connectivity index (χ2n) is 5.02. The number of carbonyl (C=O) groups excluding carboxylic acids is 2. The van der Waals surface area contributed by atoms with Gasteiger partial charge in [0.2, 0.25) is 0 Å². The summed E-state index contributed by atoms with van der Waals surface area (Å²) in [6.07, 6.45) is 0. The van der Waals surface area contributed by atoms with Crippen LogP contribution in [0, 0.1) is 0 Å². The summed E-state index contributed by atoms with van der Waals surface area (Å²) < 4.78 is 10.8. The Bertz CT molecular complexity index is 683. The number of hydrogen-bond acceptors (Lipinski definition) is 4. The van der Waals surface area contributed by atoms with Crippen molar-refractivity contribution in [3.8, 4) is 11.5 Å². The van der Waals surface area contributed by atoms with Gasteiger partial charge in [0, 0.05) is 10.6 Å². The van der Waals surface area contributed by atoms with Crippen molar-refractivity contribution >= 4 is 23.3 Å². The molecular weight excluding hydrogens is 330 g/mol. The van der Waals surface area contributed by atoms with E-state index in [2.05, 4.69) is 5.32 Å². The normalized spacial score (nSPS) is 10.1. The Kier molecular flexibility index (Phi) is 6.63. The quantitative estimate of drug-likeness (QED) is 0.588. The summed E-state index contributed by atoms with van der Waals surface area (Å²) in [6.45, 7) is 2.12. The van der Waals surface area contributed by atoms with E-state index in [-0.39, 0.29) is 18.3 Å². The first-order valence-electron chi connectivity index (χ1n) is 7.43. The van der Waals surface area contributed by atoms with E-state index >= 15 is 0 Å². The SMILES string of the molecule is CC(=O)c1ccc(OCC(=O)NCCOc2ccc(Cl)cc2)cc1. The van der Waals surface area contributed by atoms with Gasteiger partial charge in [-0.1, -0.05) is 11.6 Å². The molecule has 2 rings (SSSR count). The highest BCUT2D eigenvalue weighted by atomic mass is 35.5. The average Bonchev–Trinajstić information content (AvgIpc) is 2.59. The number of Topliss-reactive ketones (excluding diaryl/α,β-unsaturated/α-hetero) is 1. The fraction of sp³-hybridized carbons (Fsp3) is 0.222. The maximum absolute atomic E-state index is 11.7. The Labute approximate surface area is 145 Å². The second kappa shape index (κ2) is 8.93. The first-order chi connectivity index (χ1) is 11.5. The molecule has 0 saturated carbocycles. The molecule has 2 aromatic carbocycles. The number of ketones is 1. The van der Waals surface area contributed by atoms with E-state index in [4.69, 9.17) is 21.1 Å². The Morgan fingerprint density at radius 2 is 1.54 bits per heavy atom. The molecule has 0 fully saturated rings. The van der Waals surface area contributed by atoms with Crippen LogP contribution in [0.2, 0.25) is 5.02 Å². The molecule has 5 nitrogen and oxygen atoms in total. The third kappa shape index (κ3) is 5.93. The summed E-state index contributed by atoms with van der Waals surface area (Å²) >= 11 is 5.78. The number of ether oxygens (including phenoxy) is 2. The topological polar surface area (TPSA) is 64.6 Å². The van der Waals surface area contributed by atoms with Gasteiger partial charge in [-0.3, -0.25) is 9.59 Å². The zero-order chi connectivity index (χ0) is 17.4. The largest absolute Gasteiger partial charge is 0.492 e. The van der Waals surface area contributed by atoms with Gasteiger partial charge in [0.25, 0.3) is 5.91 Å². The molecule has 0 aliphatic rings. The number of amides is 1. The average molecular weight is 348 g/mol. The van der Waals surface area contributed by atoms with Crippen molar-refractivity contribution in [3.63, 3.8) is 0 Å². The molecule has 0 radical (unpaired) electrons. The van der Waals surface area contributed by atoms with Crippen LogP contribution in [0.5, 0.6) is 11.5 Å². The van der Waals surface area contributed by atoms with Crippen LogP contribution in [0.3, 0.4) is 0 Å². The van der Waals surface area contributed by atoms with Crippen molar-refractivity contribution < 1.29 is 19.1 Å². The smallest absolute Gasteiger partial charge is 0.258 e. The maximum atomic E-state index is 11.7. The van der Waals surface area contributed by atoms with Gasteiger partial charge in [0.05, 0.1) is 6.54 Å². The van der Waals surface area contributed by atoms with Gasteiger partial charge in [0.15, 0.2) is 12.4 Å². The van der Waals surface area contributed by atoms with Crippen LogP contribution in [-0.2, 0) is 4.79 Å². The van der Waals surface area contributed by atoms with Crippen LogP contribution < -0.4 is 14.8 Å². The summed E-state index contributed by atoms with van der Waals surface area (Å²) in [4.78, 5) is 22.8. The molecule has 24 heavy (non-hydrogen) atoms. The maximum Gasteiger partial charge on any atom is 0.258 e. The lowest BCUT2D eigenvalue weighted by Crippen LogP contribution is -2.32. The molecule has 1 amide bonds. The zero-order valence-electron chi connectivity index (χ0n) is 13.3. The van der Waals surface area contributed by atoms with Crippen LogP contribution in [0.25, 0.3) is 0 Å². The molecule has 2 aromatic rings. The fourth-order valence-corrected chi connectivity index (χ4v) is 2.00. The van der Waals surface area contributed by atoms with Gasteiger partial charge >= 0.3 is 0 Å². The van der Waals surface area contributed by atoms with Crippen LogP contribution in [0.4, 0.5) is 0 Å². The van der Waals surface area contributed by atoms with Crippen molar-refractivity contribution in [1.29, 1.82) is 0 Å². The van der Waals surface area contributed by atoms with E-state index in [1.54, 1.807) is 48.5 Å². The third-order valence-corrected chi connectivity index (χ3v) is 3.39. The van der Waals surface area contributed by atoms with E-state index in [0.717, 1.165) is 0 Å². The van der Waals surface area contributed by atoms with Gasteiger partial charge < -0.3 is 14.8 Å². The molecule has 0 heterocycles. The molecule has 6 heteroatoms. The standard InChI is InChI=1S/C18H18ClNO4/c1-13(21)14-2-6-17(7-3-14)24-12-18(22)20-10-11-23-16-8-4-15(19)5-9-16/h2-9H,10-12H2,1H3,(H,20,22). The van der Waals surface area contributed by atoms with Gasteiger partial charge in [-0.25, -0.2) is 0 Å². The number of nitrogens with one attached hydrogen (secondary N) is 1. The number of carbonyl (C=O) groups is 2. The molecule has 0 aliphatic carbocycles. The van der Waals surface area contributed by atoms with Crippen molar-refractivity contribution in [3.05, 3.63) is 59.1 Å². The highest BCUT2D eigenvalue weighted by Crippen LogP contribution is 2.15. The van der Waals surface area contributed by atoms with Crippen molar-refractivity contribution in [2.45, 2.75) is 6.92 Å². The van der Waals surface area contributed by atoms with Crippen LogP contribution >= 0.6 is 11.6 Å². The van der Waals surface area contributed by atoms with E-state index in [1.807, 2.05) is 0 Å². The second-order valence-corrected chi connectivity index (χ2v) is 5.46. The lowest BCUT2D eigenvalue weighted by atomic mass is 10.1. The first-order valence-corrected chi connectivity index (χ1v) is 7.81. The molecule has 1 N–H and O–H groups in total. The highest BCUT2D eigenvalue weighted by Gasteiger charge is 2.04. The molecule has 0 spiro atoms. The minimum absolute atomic E-state index is 0.0139. The molecule has 0 saturated heterocycles. The molecule has 0 atom stereocenters. The summed E-state index contributed by atoms with van der Waals surface area (Å²) in [7, 11) is 0. The minimum atomic E-state index is -0.245. The Morgan fingerprint density at radius 1 is 0.958 bits per heavy atom. The fourth-order valence-electron chi connectivity index (χ4n) is 1.88. The van der Waals surface area contributed by atoms with Crippen molar-refractivity contribution in [2.75, 3.05) is 19.8 Å². The highest BCUT2D eigenvalue weighted by molar-refractivity contribution is 6.30. The Morgan fingerprint density at radius 3 is 2.17 bits per heavy atom. The van der Waals surface area contributed by atoms with Crippen LogP contribution in [-0.4, -0.2) is 31.4 Å². The number of benzene rings is 2. The summed E-state index contributed by atoms with van der Waals surface area (Å²) in [5.41, 5.74) is 0.603. The predicted molar refractivity (Wildman–Crippen MR) is 91.9 cm³/mol. The van der Waals surface area contributed by atoms with Crippen LogP contribution in [0.15, 0.2) is 48.5 Å². The van der Waals surface area contributed by atoms with Gasteiger partial charge in [0.1, 0.15) is 18.1 Å². The van der Waals surface area contributed by atoms with Gasteiger partial charge in [-0.05, 0) is 55.5 Å². The van der Waals surface area contributed by atoms with E-state index < -0.39 is 0 Å². The van der Waals surface area contributed by atoms with Crippen LogP contribution in [0.1, 0.15) is 17.3 Å². The zero-order valence-corrected chi connectivity index (χ0v) is 14.0. The van der Waals surface area contributed by atoms with E-state index in [1.165, 1.54) is 6.92 Å². The summed E-state index contributed by atoms with van der Waals surface area (Å²) in [5, 5.41) is 3.34. The number of hydrogen-bond donors (Lipinski definition) is 1. The molecule has 0 unspecified atom stereocenters. The molecule has 0 aromatic heterocycles. The van der Waals surface area contributed by atoms with E-state index in [0.29, 0.717) is 35.2 Å². The van der Waals surface area contributed by atoms with Gasteiger partial charge in [-0.15, -0.1) is 0 Å². The molecule has 0 aliphatic heterocycles. The lowest BCUT2D eigenvalue weighted by Gasteiger charge is -2.09. The lowest BCUT2D eigenvalue weighted by molar-refractivity contribution is -0.123. The summed E-state index contributed by atoms with van der Waals surface area (Å²) in [6, 6.07) is 13.6. The molecule has 126 valence electrons. The minimum Gasteiger partial charge on any atom is -0.492 e. The Balaban J connectivity index is 1.64. The monoisotopic (exact) mass is 347 g/mol. The summed E-state index contributed by atoms with van der Waals surface area (Å²) in [5.74, 6) is 0.966. The van der Waals surface area contributed by atoms with E-state index in [9.17, 15) is 9.59 Å². The van der Waals surface area contributed by atoms with Gasteiger partial charge in [-0.2, -0.15) is 0 Å². The predicted octanol–water partition coefficient (Wildman–Crippen LogP) is 3.12. The third-order valence-electron chi connectivity index (χ3n) is 3.14. The Hall–Kier alpha value is -2.53. The van der Waals surface area contributed by atoms with Crippen molar-refractivity contribution in [2.24, 2.45) is 0 Å². The first kappa shape index (κ1) is 17.8.